The number of halogens is 17. The molecule has 0 saturated carbocycles. The fraction of sp³-hybridized carbons (Fsp3) is 0.923. The van der Waals surface area contributed by atoms with E-state index in [9.17, 15) is 79.4 Å². The zero-order chi connectivity index (χ0) is 27.5. The molecule has 4 N–H and O–H groups in total. The molecule has 33 heavy (non-hydrogen) atoms. The molecule has 20 heteroatoms. The maximum absolute atomic E-state index is 13.8. The summed E-state index contributed by atoms with van der Waals surface area (Å²) in [5, 5.41) is 0. The minimum Gasteiger partial charge on any atom is -0.364 e. The van der Waals surface area contributed by atoms with Gasteiger partial charge in [0.1, 0.15) is 0 Å². The van der Waals surface area contributed by atoms with Crippen LogP contribution in [-0.4, -0.2) is 65.5 Å². The van der Waals surface area contributed by atoms with Crippen molar-refractivity contribution in [2.45, 2.75) is 66.4 Å². The van der Waals surface area contributed by atoms with Crippen LogP contribution in [0.1, 0.15) is 13.3 Å². The number of hydrogen-bond acceptors (Lipinski definition) is 2. The van der Waals surface area contributed by atoms with E-state index in [1.54, 1.807) is 0 Å². The average Bonchev–Trinajstić information content (AvgIpc) is 2.59. The molecule has 0 aromatic rings. The first kappa shape index (κ1) is 31.2. The minimum absolute atomic E-state index is 0.656. The molecule has 1 atom stereocenters. The van der Waals surface area contributed by atoms with Gasteiger partial charge < -0.3 is 11.5 Å². The molecule has 0 fully saturated rings. The summed E-state index contributed by atoms with van der Waals surface area (Å²) in [4.78, 5) is 10.2. The van der Waals surface area contributed by atoms with Crippen LogP contribution in [0.25, 0.3) is 0 Å². The molecule has 0 aliphatic carbocycles. The van der Waals surface area contributed by atoms with Crippen molar-refractivity contribution in [2.75, 3.05) is 6.54 Å². The Balaban J connectivity index is 6.96. The van der Waals surface area contributed by atoms with Crippen LogP contribution in [0.2, 0.25) is 0 Å². The van der Waals surface area contributed by atoms with E-state index in [1.165, 1.54) is 0 Å². The lowest BCUT2D eigenvalue weighted by atomic mass is 9.83. The first-order valence-electron chi connectivity index (χ1n) is 7.72. The number of amides is 1. The van der Waals surface area contributed by atoms with Gasteiger partial charge in [-0.2, -0.15) is 70.2 Å². The summed E-state index contributed by atoms with van der Waals surface area (Å²) in [6.07, 6.45) is -2.04. The van der Waals surface area contributed by atoms with Gasteiger partial charge in [-0.1, -0.05) is 0 Å². The van der Waals surface area contributed by atoms with Gasteiger partial charge in [0.15, 0.2) is 5.67 Å². The molecule has 0 heterocycles. The van der Waals surface area contributed by atoms with Crippen molar-refractivity contribution < 1.29 is 79.4 Å². The Kier molecular flexibility index (Phi) is 7.47. The van der Waals surface area contributed by atoms with Crippen molar-refractivity contribution in [3.05, 3.63) is 0 Å². The molecule has 0 aliphatic rings. The standard InChI is InChI=1S/C13H11F17N2O/c1-5(14,2-3-31)7(17,18)9(21,22)11(25,26)13(29,30)12(27,28)10(23,24)8(19,20)6(15,16)4(32)33/h2-3,31H2,1H3,(H2,32,33). The molecule has 0 aromatic carbocycles. The number of alkyl halides is 17. The predicted molar refractivity (Wildman–Crippen MR) is 72.0 cm³/mol. The van der Waals surface area contributed by atoms with E-state index in [0.29, 0.717) is 0 Å². The Hall–Kier alpha value is -1.76. The highest BCUT2D eigenvalue weighted by atomic mass is 19.4. The van der Waals surface area contributed by atoms with E-state index >= 15 is 0 Å². The Morgan fingerprint density at radius 1 is 0.545 bits per heavy atom. The van der Waals surface area contributed by atoms with E-state index in [4.69, 9.17) is 0 Å². The first-order valence-corrected chi connectivity index (χ1v) is 7.72. The number of nitrogens with two attached hydrogens (primary N) is 2. The van der Waals surface area contributed by atoms with Gasteiger partial charge in [-0.25, -0.2) is 4.39 Å². The summed E-state index contributed by atoms with van der Waals surface area (Å²) >= 11 is 0. The quantitative estimate of drug-likeness (QED) is 0.380. The van der Waals surface area contributed by atoms with Gasteiger partial charge in [-0.15, -0.1) is 0 Å². The van der Waals surface area contributed by atoms with Crippen molar-refractivity contribution in [3.63, 3.8) is 0 Å². The Morgan fingerprint density at radius 2 is 0.788 bits per heavy atom. The average molecular weight is 534 g/mol. The van der Waals surface area contributed by atoms with Crippen LogP contribution in [0.4, 0.5) is 74.6 Å². The molecule has 198 valence electrons. The summed E-state index contributed by atoms with van der Waals surface area (Å²) in [6.45, 7) is -2.03. The van der Waals surface area contributed by atoms with Crippen molar-refractivity contribution in [3.8, 4) is 0 Å². The molecule has 0 radical (unpaired) electrons. The van der Waals surface area contributed by atoms with E-state index in [1.807, 2.05) is 0 Å². The van der Waals surface area contributed by atoms with Crippen LogP contribution in [-0.2, 0) is 4.79 Å². The smallest absolute Gasteiger partial charge is 0.364 e. The van der Waals surface area contributed by atoms with Gasteiger partial charge in [-0.3, -0.25) is 4.79 Å². The molecule has 0 aromatic heterocycles. The molecular weight excluding hydrogens is 523 g/mol. The zero-order valence-electron chi connectivity index (χ0n) is 15.4. The third-order valence-corrected chi connectivity index (χ3v) is 4.34. The van der Waals surface area contributed by atoms with E-state index in [-0.39, 0.29) is 0 Å². The largest absolute Gasteiger partial charge is 0.392 e. The molecule has 0 bridgehead atoms. The highest BCUT2D eigenvalue weighted by Gasteiger charge is 2.96. The SMILES string of the molecule is CC(F)(CCN)C(F)(F)C(F)(F)C(F)(F)C(F)(F)C(F)(F)C(F)(F)C(F)(F)C(F)(F)C(N)=O. The van der Waals surface area contributed by atoms with Crippen LogP contribution < -0.4 is 11.5 Å². The van der Waals surface area contributed by atoms with Crippen molar-refractivity contribution in [2.24, 2.45) is 11.5 Å². The van der Waals surface area contributed by atoms with E-state index in [2.05, 4.69) is 11.5 Å². The Morgan fingerprint density at radius 3 is 1.03 bits per heavy atom. The summed E-state index contributed by atoms with van der Waals surface area (Å²) < 4.78 is 229. The van der Waals surface area contributed by atoms with E-state index in [0.717, 1.165) is 0 Å². The van der Waals surface area contributed by atoms with Gasteiger partial charge in [0.05, 0.1) is 0 Å². The van der Waals surface area contributed by atoms with Gasteiger partial charge >= 0.3 is 47.4 Å². The second-order valence-corrected chi connectivity index (χ2v) is 6.70. The number of rotatable bonds is 11. The zero-order valence-corrected chi connectivity index (χ0v) is 15.4. The highest BCUT2D eigenvalue weighted by molar-refractivity contribution is 5.83. The molecule has 3 nitrogen and oxygen atoms in total. The second kappa shape index (κ2) is 7.89. The lowest BCUT2D eigenvalue weighted by Gasteiger charge is -2.45. The van der Waals surface area contributed by atoms with Gasteiger partial charge in [0.25, 0.3) is 5.91 Å². The first-order chi connectivity index (χ1) is 14.0. The fourth-order valence-electron chi connectivity index (χ4n) is 2.09. The minimum atomic E-state index is -8.72. The van der Waals surface area contributed by atoms with E-state index < -0.39 is 78.8 Å². The summed E-state index contributed by atoms with van der Waals surface area (Å²) in [7, 11) is 0. The molecule has 1 amide bonds. The van der Waals surface area contributed by atoms with Crippen LogP contribution in [0.3, 0.4) is 0 Å². The Bertz CT molecular complexity index is 745. The van der Waals surface area contributed by atoms with Gasteiger partial charge in [-0.05, 0) is 19.9 Å². The lowest BCUT2D eigenvalue weighted by Crippen LogP contribution is -2.76. The molecule has 0 saturated heterocycles. The van der Waals surface area contributed by atoms with Crippen LogP contribution >= 0.6 is 0 Å². The third-order valence-electron chi connectivity index (χ3n) is 4.34. The predicted octanol–water partition coefficient (Wildman–Crippen LogP) is 4.63. The monoisotopic (exact) mass is 534 g/mol. The number of hydrogen-bond donors (Lipinski definition) is 2. The maximum Gasteiger partial charge on any atom is 0.392 e. The topological polar surface area (TPSA) is 69.1 Å². The van der Waals surface area contributed by atoms with Crippen molar-refractivity contribution in [1.29, 1.82) is 0 Å². The maximum atomic E-state index is 13.8. The van der Waals surface area contributed by atoms with Crippen LogP contribution in [0, 0.1) is 0 Å². The second-order valence-electron chi connectivity index (χ2n) is 6.70. The van der Waals surface area contributed by atoms with Crippen LogP contribution in [0.15, 0.2) is 0 Å². The van der Waals surface area contributed by atoms with Crippen LogP contribution in [0.5, 0.6) is 0 Å². The summed E-state index contributed by atoms with van der Waals surface area (Å²) in [5.74, 6) is -68.8. The summed E-state index contributed by atoms with van der Waals surface area (Å²) in [6, 6.07) is 0. The van der Waals surface area contributed by atoms with Gasteiger partial charge in [0, 0.05) is 0 Å². The highest BCUT2D eigenvalue weighted by Crippen LogP contribution is 2.65. The fourth-order valence-corrected chi connectivity index (χ4v) is 2.09. The molecule has 1 unspecified atom stereocenters. The lowest BCUT2D eigenvalue weighted by molar-refractivity contribution is -0.455. The molecule has 0 rings (SSSR count). The third kappa shape index (κ3) is 3.75. The Labute approximate surface area is 171 Å². The molecule has 0 aliphatic heterocycles. The molecule has 0 spiro atoms. The van der Waals surface area contributed by atoms with Crippen molar-refractivity contribution >= 4 is 5.91 Å². The van der Waals surface area contributed by atoms with Gasteiger partial charge in [0.2, 0.25) is 0 Å². The number of carbonyl (C=O) groups is 1. The summed E-state index contributed by atoms with van der Waals surface area (Å²) in [5.41, 5.74) is 3.06. The number of primary amides is 1. The number of carbonyl (C=O) groups excluding carboxylic acids is 1. The normalized spacial score (nSPS) is 17.7. The molecular formula is C13H11F17N2O. The van der Waals surface area contributed by atoms with Crippen molar-refractivity contribution in [1.82, 2.24) is 0 Å².